The topological polar surface area (TPSA) is 365 Å². The number of aliphatic hydroxyl groups is 4. The fourth-order valence-electron chi connectivity index (χ4n) is 11.8. The van der Waals surface area contributed by atoms with Gasteiger partial charge >= 0.3 is 47.8 Å². The van der Waals surface area contributed by atoms with E-state index in [1.165, 1.54) is 0 Å². The van der Waals surface area contributed by atoms with E-state index in [2.05, 4.69) is 52.6 Å². The minimum absolute atomic E-state index is 0.0712. The standard InChI is InChI=1S/C50H54O16.C46H46O12/c1-5-45(55)63-29-37(51)25-59-41-17-9-33(10-18-41)49(34-11-19-42(20-12-34)60-26-38(52)30-64-46(56)6-2)50(35-13-21-43(22-14-35)61-27-39(53)31-65-47(57)7-3)36-15-23-44(24-16-36)62-28-40(54)32-66-48(58)8-4;1-5-41(47)55-29-25-51-37-17-9-33(10-18-37)45(34-11-19-38(20-12-34)52-26-30-56-42(48)6-2)46(35-13-21-39(22-14-35)53-27-31-57-43(49)7-3)36-15-23-40(24-16-36)54-28-32-58-44(50)8-4/h5-24,37-40,49-54H,1-4,25-32H2;5-24,45-46H,1-4,25-32H2. The largest absolute Gasteiger partial charge is 0.491 e. The van der Waals surface area contributed by atoms with E-state index in [1.807, 2.05) is 146 Å². The third-order valence-corrected chi connectivity index (χ3v) is 17.7. The van der Waals surface area contributed by atoms with Gasteiger partial charge in [-0.25, -0.2) is 38.4 Å². The van der Waals surface area contributed by atoms with Gasteiger partial charge in [0.05, 0.1) is 0 Å². The molecule has 0 aliphatic rings. The van der Waals surface area contributed by atoms with Crippen molar-refractivity contribution in [2.24, 2.45) is 0 Å². The SMILES string of the molecule is C=CC(=O)OCC(O)COc1ccc(C(c2ccc(OCC(O)COC(=O)C=C)cc2)C(c2ccc(OCC(O)COC(=O)C=C)cc2)c2ccc(OCC(O)COC(=O)C=C)cc2)cc1.C=CC(=O)OCCOc1ccc(C(c2ccc(OCCOC(=O)C=C)cc2)C(c2ccc(OCCOC(=O)C=C)cc2)c2ccc(OCCOC(=O)C=C)cc2)cc1. The van der Waals surface area contributed by atoms with Gasteiger partial charge in [-0.2, -0.15) is 0 Å². The van der Waals surface area contributed by atoms with Gasteiger partial charge in [0.25, 0.3) is 0 Å². The van der Waals surface area contributed by atoms with Gasteiger partial charge in [-0.3, -0.25) is 0 Å². The zero-order valence-electron chi connectivity index (χ0n) is 68.3. The van der Waals surface area contributed by atoms with E-state index < -0.39 is 84.0 Å². The Balaban J connectivity index is 0.000000344. The number of rotatable bonds is 54. The summed E-state index contributed by atoms with van der Waals surface area (Å²) in [4.78, 5) is 91.6. The van der Waals surface area contributed by atoms with Gasteiger partial charge in [0, 0.05) is 72.3 Å². The Morgan fingerprint density at radius 3 is 0.460 bits per heavy atom. The Bertz CT molecular complexity index is 4160. The highest BCUT2D eigenvalue weighted by molar-refractivity contribution is 5.84. The van der Waals surface area contributed by atoms with Crippen molar-refractivity contribution in [2.75, 3.05) is 106 Å². The molecule has 0 fully saturated rings. The van der Waals surface area contributed by atoms with E-state index in [9.17, 15) is 58.8 Å². The van der Waals surface area contributed by atoms with Crippen molar-refractivity contribution in [3.8, 4) is 46.0 Å². The highest BCUT2D eigenvalue weighted by atomic mass is 16.6. The molecular formula is C96H100O28. The van der Waals surface area contributed by atoms with Crippen LogP contribution in [0.4, 0.5) is 0 Å². The number of ether oxygens (including phenoxy) is 16. The van der Waals surface area contributed by atoms with Crippen LogP contribution in [-0.4, -0.2) is 198 Å². The maximum atomic E-state index is 11.5. The number of carbonyl (C=O) groups excluding carboxylic acids is 8. The summed E-state index contributed by atoms with van der Waals surface area (Å²) >= 11 is 0. The first kappa shape index (κ1) is 96.8. The molecule has 0 spiro atoms. The first-order valence-electron chi connectivity index (χ1n) is 38.9. The van der Waals surface area contributed by atoms with Crippen molar-refractivity contribution in [3.63, 3.8) is 0 Å². The van der Waals surface area contributed by atoms with Gasteiger partial charge in [-0.15, -0.1) is 0 Å². The second kappa shape index (κ2) is 53.4. The molecule has 4 N–H and O–H groups in total. The Kier molecular flexibility index (Phi) is 41.7. The average Bonchev–Trinajstić information content (AvgIpc) is 0.783. The second-order valence-corrected chi connectivity index (χ2v) is 26.5. The van der Waals surface area contributed by atoms with Gasteiger partial charge in [0.2, 0.25) is 0 Å². The van der Waals surface area contributed by atoms with Crippen LogP contribution in [0, 0.1) is 0 Å². The fourth-order valence-corrected chi connectivity index (χ4v) is 11.8. The summed E-state index contributed by atoms with van der Waals surface area (Å²) in [5, 5.41) is 41.3. The molecule has 8 aromatic rings. The molecule has 4 unspecified atom stereocenters. The molecule has 8 aromatic carbocycles. The predicted octanol–water partition coefficient (Wildman–Crippen LogP) is 11.6. The van der Waals surface area contributed by atoms with Crippen LogP contribution >= 0.6 is 0 Å². The van der Waals surface area contributed by atoms with Crippen LogP contribution in [0.2, 0.25) is 0 Å². The molecular weight excluding hydrogens is 1600 g/mol. The number of hydrogen-bond donors (Lipinski definition) is 4. The quantitative estimate of drug-likeness (QED) is 0.0119. The molecule has 0 heterocycles. The smallest absolute Gasteiger partial charge is 0.330 e. The molecule has 28 nitrogen and oxygen atoms in total. The lowest BCUT2D eigenvalue weighted by Crippen LogP contribution is -2.25. The van der Waals surface area contributed by atoms with Crippen LogP contribution in [-0.2, 0) is 76.3 Å². The highest BCUT2D eigenvalue weighted by Gasteiger charge is 2.32. The molecule has 28 heteroatoms. The summed E-state index contributed by atoms with van der Waals surface area (Å²) in [5.74, 6) is -2.00. The Morgan fingerprint density at radius 1 is 0.194 bits per heavy atom. The zero-order valence-corrected chi connectivity index (χ0v) is 68.3. The minimum atomic E-state index is -1.09. The number of carbonyl (C=O) groups is 8. The maximum absolute atomic E-state index is 11.5. The monoisotopic (exact) mass is 1700 g/mol. The van der Waals surface area contributed by atoms with Crippen LogP contribution in [0.15, 0.2) is 295 Å². The predicted molar refractivity (Wildman–Crippen MR) is 456 cm³/mol. The van der Waals surface area contributed by atoms with Gasteiger partial charge in [-0.1, -0.05) is 150 Å². The highest BCUT2D eigenvalue weighted by Crippen LogP contribution is 2.47. The third-order valence-electron chi connectivity index (χ3n) is 17.7. The van der Waals surface area contributed by atoms with Crippen molar-refractivity contribution >= 4 is 47.8 Å². The maximum Gasteiger partial charge on any atom is 0.330 e. The summed E-state index contributed by atoms with van der Waals surface area (Å²) in [6.07, 6.45) is 4.01. The van der Waals surface area contributed by atoms with Crippen molar-refractivity contribution in [3.05, 3.63) is 340 Å². The first-order valence-corrected chi connectivity index (χ1v) is 38.9. The normalized spacial score (nSPS) is 12.0. The molecule has 0 bridgehead atoms. The summed E-state index contributed by atoms with van der Waals surface area (Å²) in [6.45, 7) is 26.2. The lowest BCUT2D eigenvalue weighted by molar-refractivity contribution is -0.142. The number of esters is 8. The fraction of sp³-hybridized carbons (Fsp3) is 0.250. The second-order valence-electron chi connectivity index (χ2n) is 26.5. The van der Waals surface area contributed by atoms with Crippen molar-refractivity contribution in [2.45, 2.75) is 48.1 Å². The zero-order chi connectivity index (χ0) is 89.4. The molecule has 0 saturated heterocycles. The summed E-state index contributed by atoms with van der Waals surface area (Å²) in [5.41, 5.74) is 7.24. The Morgan fingerprint density at radius 2 is 0.323 bits per heavy atom. The van der Waals surface area contributed by atoms with E-state index in [-0.39, 0.29) is 118 Å². The molecule has 0 aliphatic carbocycles. The molecule has 0 aliphatic heterocycles. The van der Waals surface area contributed by atoms with Crippen LogP contribution in [0.25, 0.3) is 0 Å². The van der Waals surface area contributed by atoms with E-state index in [0.717, 1.165) is 93.1 Å². The lowest BCUT2D eigenvalue weighted by atomic mass is 9.73. The van der Waals surface area contributed by atoms with E-state index in [1.54, 1.807) is 48.5 Å². The van der Waals surface area contributed by atoms with Crippen LogP contribution < -0.4 is 37.9 Å². The molecule has 0 saturated carbocycles. The molecule has 652 valence electrons. The Hall–Kier alpha value is -14.3. The molecule has 0 aromatic heterocycles. The molecule has 124 heavy (non-hydrogen) atoms. The molecule has 4 atom stereocenters. The molecule has 0 amide bonds. The van der Waals surface area contributed by atoms with Crippen LogP contribution in [0.3, 0.4) is 0 Å². The molecule has 8 rings (SSSR count). The van der Waals surface area contributed by atoms with Crippen LogP contribution in [0.5, 0.6) is 46.0 Å². The van der Waals surface area contributed by atoms with E-state index >= 15 is 0 Å². The third kappa shape index (κ3) is 34.1. The van der Waals surface area contributed by atoms with Gasteiger partial charge in [-0.05, 0) is 142 Å². The Labute approximate surface area is 718 Å². The van der Waals surface area contributed by atoms with Crippen molar-refractivity contribution in [1.82, 2.24) is 0 Å². The average molecular weight is 1700 g/mol. The summed E-state index contributed by atoms with van der Waals surface area (Å²) in [7, 11) is 0. The van der Waals surface area contributed by atoms with Gasteiger partial charge < -0.3 is 96.2 Å². The van der Waals surface area contributed by atoms with E-state index in [0.29, 0.717) is 46.0 Å². The van der Waals surface area contributed by atoms with Gasteiger partial charge in [0.15, 0.2) is 0 Å². The van der Waals surface area contributed by atoms with E-state index in [4.69, 9.17) is 75.8 Å². The number of aliphatic hydroxyl groups excluding tert-OH is 4. The number of hydrogen-bond acceptors (Lipinski definition) is 28. The van der Waals surface area contributed by atoms with Gasteiger partial charge in [0.1, 0.15) is 176 Å². The lowest BCUT2D eigenvalue weighted by Gasteiger charge is -2.30. The summed E-state index contributed by atoms with van der Waals surface area (Å²) in [6, 6.07) is 60.0. The van der Waals surface area contributed by atoms with Crippen molar-refractivity contribution in [1.29, 1.82) is 0 Å². The van der Waals surface area contributed by atoms with Crippen LogP contribution in [0.1, 0.15) is 68.2 Å². The van der Waals surface area contributed by atoms with Crippen molar-refractivity contribution < 1.29 is 135 Å². The summed E-state index contributed by atoms with van der Waals surface area (Å²) < 4.78 is 86.4. The minimum Gasteiger partial charge on any atom is -0.491 e. The first-order chi connectivity index (χ1) is 60.0. The molecule has 0 radical (unpaired) electrons. The number of benzene rings is 8.